The second kappa shape index (κ2) is 1.38. The normalized spacial score (nSPS) is 18.0. The summed E-state index contributed by atoms with van der Waals surface area (Å²) in [4.78, 5) is 0. The van der Waals surface area contributed by atoms with E-state index in [-0.39, 0.29) is 0 Å². The molecule has 0 saturated carbocycles. The Kier molecular flexibility index (Phi) is 0.861. The van der Waals surface area contributed by atoms with Crippen LogP contribution in [0.2, 0.25) is 0 Å². The smallest absolute Gasteiger partial charge is 0.0479 e. The minimum atomic E-state index is 1.23. The van der Waals surface area contributed by atoms with Crippen LogP contribution in [0.25, 0.3) is 0 Å². The van der Waals surface area contributed by atoms with E-state index in [0.29, 0.717) is 0 Å². The van der Waals surface area contributed by atoms with Gasteiger partial charge in [0.15, 0.2) is 0 Å². The first kappa shape index (κ1) is 4.38. The molecule has 0 N–H and O–H groups in total. The van der Waals surface area contributed by atoms with Crippen molar-refractivity contribution in [2.24, 2.45) is 0 Å². The van der Waals surface area contributed by atoms with Crippen LogP contribution in [-0.4, -0.2) is 0 Å². The SMILES string of the molecule is C=C[C]1C=C1C=C. The summed E-state index contributed by atoms with van der Waals surface area (Å²) in [6.45, 7) is 7.17. The molecule has 0 aromatic heterocycles. The fourth-order valence-electron chi connectivity index (χ4n) is 0.485. The van der Waals surface area contributed by atoms with Gasteiger partial charge in [-0.3, -0.25) is 0 Å². The van der Waals surface area contributed by atoms with Crippen molar-refractivity contribution in [3.63, 3.8) is 0 Å². The molecule has 1 aliphatic carbocycles. The summed E-state index contributed by atoms with van der Waals surface area (Å²) in [5.74, 6) is 1.23. The summed E-state index contributed by atoms with van der Waals surface area (Å²) in [5, 5.41) is 0. The van der Waals surface area contributed by atoms with E-state index in [4.69, 9.17) is 0 Å². The van der Waals surface area contributed by atoms with Crippen LogP contribution in [0, 0.1) is 5.92 Å². The Morgan fingerprint density at radius 2 is 2.00 bits per heavy atom. The van der Waals surface area contributed by atoms with Gasteiger partial charge in [-0.25, -0.2) is 0 Å². The third-order valence-corrected chi connectivity index (χ3v) is 1.00. The maximum atomic E-state index is 3.58. The van der Waals surface area contributed by atoms with Gasteiger partial charge in [0.1, 0.15) is 0 Å². The van der Waals surface area contributed by atoms with E-state index in [1.807, 2.05) is 18.2 Å². The van der Waals surface area contributed by atoms with Gasteiger partial charge in [-0.15, -0.1) is 6.58 Å². The van der Waals surface area contributed by atoms with Gasteiger partial charge in [0.05, 0.1) is 0 Å². The van der Waals surface area contributed by atoms with E-state index in [1.165, 1.54) is 11.5 Å². The first-order valence-electron chi connectivity index (χ1n) is 2.22. The molecule has 1 rings (SSSR count). The highest BCUT2D eigenvalue weighted by molar-refractivity contribution is 5.61. The minimum Gasteiger partial charge on any atom is -0.102 e. The molecule has 35 valence electrons. The van der Waals surface area contributed by atoms with Crippen molar-refractivity contribution in [3.8, 4) is 0 Å². The van der Waals surface area contributed by atoms with Gasteiger partial charge >= 0.3 is 0 Å². The zero-order chi connectivity index (χ0) is 5.28. The Hall–Kier alpha value is -0.780. The van der Waals surface area contributed by atoms with Crippen LogP contribution in [0.1, 0.15) is 0 Å². The van der Waals surface area contributed by atoms with E-state index >= 15 is 0 Å². The van der Waals surface area contributed by atoms with Gasteiger partial charge in [0.25, 0.3) is 0 Å². The molecular formula is C7H7. The van der Waals surface area contributed by atoms with Crippen LogP contribution < -0.4 is 0 Å². The molecular weight excluding hydrogens is 84.1 g/mol. The van der Waals surface area contributed by atoms with E-state index in [0.717, 1.165) is 0 Å². The van der Waals surface area contributed by atoms with Crippen LogP contribution in [0.3, 0.4) is 0 Å². The Bertz CT molecular complexity index is 129. The molecule has 0 unspecified atom stereocenters. The molecule has 0 bridgehead atoms. The third-order valence-electron chi connectivity index (χ3n) is 1.00. The Morgan fingerprint density at radius 3 is 2.14 bits per heavy atom. The standard InChI is InChI=1S/C7H7/c1-3-6-5-7(6)4-2/h3-5H,1-2H2. The summed E-state index contributed by atoms with van der Waals surface area (Å²) in [6, 6.07) is 0. The van der Waals surface area contributed by atoms with Crippen molar-refractivity contribution in [1.29, 1.82) is 0 Å². The summed E-state index contributed by atoms with van der Waals surface area (Å²) in [5.41, 5.74) is 1.23. The Morgan fingerprint density at radius 1 is 1.29 bits per heavy atom. The predicted octanol–water partition coefficient (Wildman–Crippen LogP) is 1.87. The topological polar surface area (TPSA) is 0 Å². The lowest BCUT2D eigenvalue weighted by Gasteiger charge is -1.75. The Balaban J connectivity index is 2.40. The number of rotatable bonds is 2. The summed E-state index contributed by atoms with van der Waals surface area (Å²) < 4.78 is 0. The van der Waals surface area contributed by atoms with Crippen LogP contribution in [0.4, 0.5) is 0 Å². The average molecular weight is 91.1 g/mol. The number of hydrogen-bond donors (Lipinski definition) is 0. The summed E-state index contributed by atoms with van der Waals surface area (Å²) in [6.07, 6.45) is 5.70. The second-order valence-corrected chi connectivity index (χ2v) is 1.46. The summed E-state index contributed by atoms with van der Waals surface area (Å²) in [7, 11) is 0. The quantitative estimate of drug-likeness (QED) is 0.486. The molecule has 0 aliphatic heterocycles. The van der Waals surface area contributed by atoms with E-state index in [2.05, 4.69) is 13.2 Å². The fourth-order valence-corrected chi connectivity index (χ4v) is 0.485. The highest BCUT2D eigenvalue weighted by atomic mass is 14.2. The molecule has 7 heavy (non-hydrogen) atoms. The molecule has 0 heterocycles. The first-order chi connectivity index (χ1) is 3.38. The maximum Gasteiger partial charge on any atom is 0.0479 e. The third kappa shape index (κ3) is 0.637. The van der Waals surface area contributed by atoms with Gasteiger partial charge < -0.3 is 0 Å². The fraction of sp³-hybridized carbons (Fsp3) is 0. The van der Waals surface area contributed by atoms with Gasteiger partial charge in [0.2, 0.25) is 0 Å². The lowest BCUT2D eigenvalue weighted by Crippen LogP contribution is -1.61. The Labute approximate surface area is 43.9 Å². The molecule has 1 aliphatic rings. The molecule has 0 fully saturated rings. The highest BCUT2D eigenvalue weighted by Gasteiger charge is 2.17. The lowest BCUT2D eigenvalue weighted by molar-refractivity contribution is 1.67. The van der Waals surface area contributed by atoms with E-state index < -0.39 is 0 Å². The van der Waals surface area contributed by atoms with Gasteiger partial charge in [-0.1, -0.05) is 24.8 Å². The van der Waals surface area contributed by atoms with Crippen LogP contribution in [-0.2, 0) is 0 Å². The van der Waals surface area contributed by atoms with Crippen molar-refractivity contribution in [2.75, 3.05) is 0 Å². The molecule has 1 radical (unpaired) electrons. The van der Waals surface area contributed by atoms with Crippen molar-refractivity contribution in [3.05, 3.63) is 42.9 Å². The minimum absolute atomic E-state index is 1.23. The van der Waals surface area contributed by atoms with Gasteiger partial charge in [0, 0.05) is 5.92 Å². The van der Waals surface area contributed by atoms with Gasteiger partial charge in [-0.2, -0.15) is 0 Å². The van der Waals surface area contributed by atoms with Gasteiger partial charge in [-0.05, 0) is 5.57 Å². The molecule has 0 aromatic carbocycles. The molecule has 0 heteroatoms. The zero-order valence-electron chi connectivity index (χ0n) is 4.15. The van der Waals surface area contributed by atoms with Crippen LogP contribution in [0.5, 0.6) is 0 Å². The molecule has 0 aromatic rings. The molecule has 0 spiro atoms. The molecule has 0 atom stereocenters. The van der Waals surface area contributed by atoms with Crippen molar-refractivity contribution < 1.29 is 0 Å². The molecule has 0 saturated heterocycles. The highest BCUT2D eigenvalue weighted by Crippen LogP contribution is 2.32. The largest absolute Gasteiger partial charge is 0.102 e. The molecule has 0 amide bonds. The lowest BCUT2D eigenvalue weighted by atomic mass is 10.3. The first-order valence-corrected chi connectivity index (χ1v) is 2.22. The van der Waals surface area contributed by atoms with Crippen LogP contribution >= 0.6 is 0 Å². The van der Waals surface area contributed by atoms with Crippen LogP contribution in [0.15, 0.2) is 37.0 Å². The van der Waals surface area contributed by atoms with Crippen molar-refractivity contribution in [2.45, 2.75) is 0 Å². The maximum absolute atomic E-state index is 3.58. The predicted molar refractivity (Wildman–Crippen MR) is 31.7 cm³/mol. The van der Waals surface area contributed by atoms with Crippen molar-refractivity contribution in [1.82, 2.24) is 0 Å². The molecule has 0 nitrogen and oxygen atoms in total. The number of hydrogen-bond acceptors (Lipinski definition) is 0. The monoisotopic (exact) mass is 91.1 g/mol. The zero-order valence-corrected chi connectivity index (χ0v) is 4.15. The number of allylic oxidation sites excluding steroid dienone is 4. The second-order valence-electron chi connectivity index (χ2n) is 1.46. The van der Waals surface area contributed by atoms with E-state index in [1.54, 1.807) is 0 Å². The summed E-state index contributed by atoms with van der Waals surface area (Å²) >= 11 is 0. The van der Waals surface area contributed by atoms with E-state index in [9.17, 15) is 0 Å². The average Bonchev–Trinajstić information content (AvgIpc) is 2.43. The van der Waals surface area contributed by atoms with Crippen molar-refractivity contribution >= 4 is 0 Å².